The van der Waals surface area contributed by atoms with Gasteiger partial charge in [0.2, 0.25) is 0 Å². The Labute approximate surface area is 210 Å². The average molecular weight is 515 g/mol. The van der Waals surface area contributed by atoms with Gasteiger partial charge in [-0.05, 0) is 69.2 Å². The summed E-state index contributed by atoms with van der Waals surface area (Å²) in [7, 11) is 0. The molecule has 0 spiro atoms. The first-order valence-electron chi connectivity index (χ1n) is 11.5. The van der Waals surface area contributed by atoms with Crippen LogP contribution >= 0.6 is 15.9 Å². The Bertz CT molecular complexity index is 1930. The molecule has 166 valence electrons. The van der Waals surface area contributed by atoms with Gasteiger partial charge in [0.05, 0.1) is 0 Å². The lowest BCUT2D eigenvalue weighted by molar-refractivity contribution is 0.483. The molecule has 0 fully saturated rings. The van der Waals surface area contributed by atoms with Gasteiger partial charge in [-0.1, -0.05) is 88.7 Å². The predicted molar refractivity (Wildman–Crippen MR) is 149 cm³/mol. The molecular weight excluding hydrogens is 496 g/mol. The number of para-hydroxylation sites is 1. The highest BCUT2D eigenvalue weighted by Gasteiger charge is 2.14. The number of aromatic hydroxyl groups is 1. The highest BCUT2D eigenvalue weighted by atomic mass is 79.9. The van der Waals surface area contributed by atoms with E-state index in [4.69, 9.17) is 4.42 Å². The quantitative estimate of drug-likeness (QED) is 0.249. The lowest BCUT2D eigenvalue weighted by Crippen LogP contribution is -1.87. The van der Waals surface area contributed by atoms with Crippen molar-refractivity contribution in [1.82, 2.24) is 0 Å². The molecule has 7 aromatic rings. The van der Waals surface area contributed by atoms with E-state index < -0.39 is 0 Å². The van der Waals surface area contributed by atoms with Crippen LogP contribution in [0.25, 0.3) is 65.7 Å². The molecule has 1 aromatic heterocycles. The maximum absolute atomic E-state index is 11.1. The van der Waals surface area contributed by atoms with E-state index in [2.05, 4.69) is 70.5 Å². The van der Waals surface area contributed by atoms with Crippen molar-refractivity contribution in [3.63, 3.8) is 0 Å². The monoisotopic (exact) mass is 514 g/mol. The van der Waals surface area contributed by atoms with Gasteiger partial charge in [-0.25, -0.2) is 0 Å². The molecule has 0 saturated carbocycles. The van der Waals surface area contributed by atoms with Crippen LogP contribution in [0.2, 0.25) is 0 Å². The van der Waals surface area contributed by atoms with Crippen LogP contribution in [0.1, 0.15) is 0 Å². The molecule has 3 heteroatoms. The summed E-state index contributed by atoms with van der Waals surface area (Å²) >= 11 is 3.76. The molecule has 6 aromatic carbocycles. The van der Waals surface area contributed by atoms with Crippen LogP contribution in [-0.4, -0.2) is 5.11 Å². The van der Waals surface area contributed by atoms with E-state index in [0.29, 0.717) is 5.75 Å². The molecule has 0 saturated heterocycles. The molecule has 0 bridgehead atoms. The molecule has 7 rings (SSSR count). The van der Waals surface area contributed by atoms with Crippen molar-refractivity contribution in [3.8, 4) is 28.0 Å². The number of phenols is 1. The minimum atomic E-state index is 0.313. The summed E-state index contributed by atoms with van der Waals surface area (Å²) in [4.78, 5) is 0. The summed E-state index contributed by atoms with van der Waals surface area (Å²) in [6.07, 6.45) is 0. The van der Waals surface area contributed by atoms with Crippen LogP contribution in [-0.2, 0) is 0 Å². The van der Waals surface area contributed by atoms with Crippen LogP contribution in [0.3, 0.4) is 0 Å². The van der Waals surface area contributed by atoms with Crippen LogP contribution in [0.15, 0.2) is 118 Å². The maximum atomic E-state index is 11.1. The summed E-state index contributed by atoms with van der Waals surface area (Å²) in [5.41, 5.74) is 5.91. The second kappa shape index (κ2) is 7.72. The standard InChI is InChI=1S/C32H19BrO2/c33-29-15-14-23(26-13-9-19-5-1-2-6-22(19)32(26)34)24-12-10-20(17-27(24)29)21-11-16-31-28(18-21)25-7-3-4-8-30(25)35-31/h1-18,34H. The number of fused-ring (bicyclic) bond motifs is 5. The predicted octanol–water partition coefficient (Wildman–Crippen LogP) is 9.69. The van der Waals surface area contributed by atoms with Crippen molar-refractivity contribution in [2.75, 3.05) is 0 Å². The Kier molecular flexibility index (Phi) is 4.48. The molecule has 0 aliphatic rings. The second-order valence-electron chi connectivity index (χ2n) is 8.85. The lowest BCUT2D eigenvalue weighted by atomic mass is 9.93. The highest BCUT2D eigenvalue weighted by molar-refractivity contribution is 9.10. The fourth-order valence-electron chi connectivity index (χ4n) is 5.11. The summed E-state index contributed by atoms with van der Waals surface area (Å²) < 4.78 is 7.03. The third-order valence-corrected chi connectivity index (χ3v) is 7.56. The zero-order valence-electron chi connectivity index (χ0n) is 18.6. The van der Waals surface area contributed by atoms with Gasteiger partial charge in [0.25, 0.3) is 0 Å². The van der Waals surface area contributed by atoms with Crippen molar-refractivity contribution in [2.24, 2.45) is 0 Å². The van der Waals surface area contributed by atoms with Crippen molar-refractivity contribution in [1.29, 1.82) is 0 Å². The van der Waals surface area contributed by atoms with Gasteiger partial charge < -0.3 is 9.52 Å². The molecule has 1 N–H and O–H groups in total. The largest absolute Gasteiger partial charge is 0.507 e. The Morgan fingerprint density at radius 2 is 1.20 bits per heavy atom. The van der Waals surface area contributed by atoms with Gasteiger partial charge in [0.15, 0.2) is 0 Å². The molecule has 0 amide bonds. The molecule has 1 heterocycles. The lowest BCUT2D eigenvalue weighted by Gasteiger charge is -2.13. The average Bonchev–Trinajstić information content (AvgIpc) is 3.28. The first-order chi connectivity index (χ1) is 17.2. The van der Waals surface area contributed by atoms with E-state index in [1.165, 1.54) is 0 Å². The summed E-state index contributed by atoms with van der Waals surface area (Å²) in [6, 6.07) is 37.1. The number of rotatable bonds is 2. The Balaban J connectivity index is 1.41. The third-order valence-electron chi connectivity index (χ3n) is 6.86. The molecule has 0 radical (unpaired) electrons. The topological polar surface area (TPSA) is 33.4 Å². The molecule has 0 aliphatic heterocycles. The van der Waals surface area contributed by atoms with Crippen LogP contribution in [0, 0.1) is 0 Å². The van der Waals surface area contributed by atoms with E-state index in [9.17, 15) is 5.11 Å². The van der Waals surface area contributed by atoms with Crippen molar-refractivity contribution < 1.29 is 9.52 Å². The van der Waals surface area contributed by atoms with E-state index in [1.54, 1.807) is 0 Å². The van der Waals surface area contributed by atoms with Gasteiger partial charge in [0, 0.05) is 26.2 Å². The molecule has 0 unspecified atom stereocenters. The Hall–Kier alpha value is -4.08. The Morgan fingerprint density at radius 1 is 0.514 bits per heavy atom. The summed E-state index contributed by atoms with van der Waals surface area (Å²) in [6.45, 7) is 0. The highest BCUT2D eigenvalue weighted by Crippen LogP contribution is 2.42. The number of phenolic OH excluding ortho intramolecular Hbond substituents is 1. The van der Waals surface area contributed by atoms with E-state index in [0.717, 1.165) is 70.2 Å². The van der Waals surface area contributed by atoms with Gasteiger partial charge in [0.1, 0.15) is 16.9 Å². The van der Waals surface area contributed by atoms with Gasteiger partial charge in [-0.2, -0.15) is 0 Å². The zero-order valence-corrected chi connectivity index (χ0v) is 20.2. The first kappa shape index (κ1) is 20.3. The van der Waals surface area contributed by atoms with Crippen LogP contribution < -0.4 is 0 Å². The number of halogens is 1. The molecule has 0 atom stereocenters. The number of benzene rings is 6. The molecule has 2 nitrogen and oxygen atoms in total. The van der Waals surface area contributed by atoms with Crippen molar-refractivity contribution >= 4 is 59.4 Å². The third kappa shape index (κ3) is 3.16. The molecule has 35 heavy (non-hydrogen) atoms. The van der Waals surface area contributed by atoms with Crippen molar-refractivity contribution in [3.05, 3.63) is 114 Å². The number of hydrogen-bond donors (Lipinski definition) is 1. The second-order valence-corrected chi connectivity index (χ2v) is 9.70. The molecule has 0 aliphatic carbocycles. The first-order valence-corrected chi connectivity index (χ1v) is 12.3. The van der Waals surface area contributed by atoms with Crippen molar-refractivity contribution in [2.45, 2.75) is 0 Å². The SMILES string of the molecule is Oc1c(-c2ccc(Br)c3cc(-c4ccc5oc6ccccc6c5c4)ccc23)ccc2ccccc12. The van der Waals surface area contributed by atoms with Gasteiger partial charge >= 0.3 is 0 Å². The Morgan fingerprint density at radius 3 is 2.09 bits per heavy atom. The minimum absolute atomic E-state index is 0.313. The van der Waals surface area contributed by atoms with E-state index >= 15 is 0 Å². The summed E-state index contributed by atoms with van der Waals surface area (Å²) in [5.74, 6) is 0.313. The minimum Gasteiger partial charge on any atom is -0.507 e. The normalized spacial score (nSPS) is 11.7. The summed E-state index contributed by atoms with van der Waals surface area (Å²) in [5, 5.41) is 17.4. The maximum Gasteiger partial charge on any atom is 0.135 e. The van der Waals surface area contributed by atoms with Gasteiger partial charge in [-0.3, -0.25) is 0 Å². The fraction of sp³-hybridized carbons (Fsp3) is 0. The van der Waals surface area contributed by atoms with E-state index in [1.807, 2.05) is 54.6 Å². The molecular formula is C32H19BrO2. The van der Waals surface area contributed by atoms with Gasteiger partial charge in [-0.15, -0.1) is 0 Å². The number of furan rings is 1. The number of hydrogen-bond acceptors (Lipinski definition) is 2. The van der Waals surface area contributed by atoms with Crippen LogP contribution in [0.5, 0.6) is 5.75 Å². The smallest absolute Gasteiger partial charge is 0.135 e. The fourth-order valence-corrected chi connectivity index (χ4v) is 5.57. The van der Waals surface area contributed by atoms with E-state index in [-0.39, 0.29) is 0 Å². The zero-order chi connectivity index (χ0) is 23.5. The van der Waals surface area contributed by atoms with Crippen LogP contribution in [0.4, 0.5) is 0 Å².